The van der Waals surface area contributed by atoms with E-state index in [9.17, 15) is 23.6 Å². The molecule has 1 N–H and O–H groups in total. The SMILES string of the molecule is CCC(NC(=O)c1cc(-n2c(=O)n(C)c(=S)n(C)c2=O)c(F)cc1Cl)C(=O)OC. The van der Waals surface area contributed by atoms with Gasteiger partial charge in [-0.05, 0) is 30.8 Å². The van der Waals surface area contributed by atoms with E-state index in [1.807, 2.05) is 0 Å². The number of nitrogens with zero attached hydrogens (tertiary/aromatic N) is 3. The molecular weight excluding hydrogens is 427 g/mol. The van der Waals surface area contributed by atoms with Crippen molar-refractivity contribution < 1.29 is 18.7 Å². The predicted molar refractivity (Wildman–Crippen MR) is 106 cm³/mol. The molecule has 0 aliphatic rings. The van der Waals surface area contributed by atoms with Crippen LogP contribution in [0.15, 0.2) is 21.7 Å². The van der Waals surface area contributed by atoms with Crippen molar-refractivity contribution in [3.8, 4) is 5.69 Å². The zero-order valence-corrected chi connectivity index (χ0v) is 17.6. The second-order valence-corrected chi connectivity index (χ2v) is 6.81. The molecule has 0 radical (unpaired) electrons. The first-order valence-electron chi connectivity index (χ1n) is 8.32. The third-order valence-electron chi connectivity index (χ3n) is 4.25. The van der Waals surface area contributed by atoms with Crippen molar-refractivity contribution >= 4 is 35.7 Å². The minimum Gasteiger partial charge on any atom is -0.467 e. The van der Waals surface area contributed by atoms with Crippen LogP contribution in [0.4, 0.5) is 4.39 Å². The van der Waals surface area contributed by atoms with Crippen LogP contribution in [-0.4, -0.2) is 38.7 Å². The maximum absolute atomic E-state index is 14.6. The number of ether oxygens (including phenoxy) is 1. The Balaban J connectivity index is 2.67. The van der Waals surface area contributed by atoms with E-state index in [0.717, 1.165) is 21.3 Å². The van der Waals surface area contributed by atoms with Crippen molar-refractivity contribution in [2.24, 2.45) is 14.1 Å². The fourth-order valence-electron chi connectivity index (χ4n) is 2.57. The standard InChI is InChI=1S/C17H18ClFN4O5S/c1-5-11(14(25)28-4)20-13(24)8-6-12(10(19)7-9(8)18)23-15(26)21(2)17(29)22(3)16(23)27/h6-7,11H,5H2,1-4H3,(H,20,24). The van der Waals surface area contributed by atoms with Gasteiger partial charge in [0.15, 0.2) is 4.77 Å². The molecule has 2 aromatic rings. The largest absolute Gasteiger partial charge is 0.467 e. The van der Waals surface area contributed by atoms with Crippen LogP contribution >= 0.6 is 23.8 Å². The molecular formula is C17H18ClFN4O5S. The Morgan fingerprint density at radius 1 is 1.24 bits per heavy atom. The summed E-state index contributed by atoms with van der Waals surface area (Å²) in [5, 5.41) is 2.15. The minimum absolute atomic E-state index is 0.0625. The number of methoxy groups -OCH3 is 1. The minimum atomic E-state index is -0.997. The van der Waals surface area contributed by atoms with Crippen LogP contribution in [0, 0.1) is 10.6 Å². The van der Waals surface area contributed by atoms with E-state index in [0.29, 0.717) is 4.57 Å². The van der Waals surface area contributed by atoms with Crippen molar-refractivity contribution in [3.63, 3.8) is 0 Å². The van der Waals surface area contributed by atoms with E-state index in [-0.39, 0.29) is 21.8 Å². The van der Waals surface area contributed by atoms with Crippen LogP contribution < -0.4 is 16.7 Å². The molecule has 1 unspecified atom stereocenters. The maximum Gasteiger partial charge on any atom is 0.338 e. The van der Waals surface area contributed by atoms with Gasteiger partial charge in [0.1, 0.15) is 11.9 Å². The number of aromatic nitrogens is 3. The average molecular weight is 445 g/mol. The van der Waals surface area contributed by atoms with Crippen molar-refractivity contribution in [1.82, 2.24) is 19.0 Å². The molecule has 0 spiro atoms. The Bertz CT molecular complexity index is 1130. The van der Waals surface area contributed by atoms with Gasteiger partial charge in [-0.15, -0.1) is 0 Å². The smallest absolute Gasteiger partial charge is 0.338 e. The van der Waals surface area contributed by atoms with Crippen LogP contribution in [0.2, 0.25) is 5.02 Å². The Hall–Kier alpha value is -2.79. The topological polar surface area (TPSA) is 104 Å². The average Bonchev–Trinajstić information content (AvgIpc) is 2.69. The Morgan fingerprint density at radius 3 is 2.28 bits per heavy atom. The number of esters is 1. The zero-order valence-electron chi connectivity index (χ0n) is 16.0. The van der Waals surface area contributed by atoms with Gasteiger partial charge in [-0.3, -0.25) is 13.9 Å². The Morgan fingerprint density at radius 2 is 1.79 bits per heavy atom. The first kappa shape index (κ1) is 22.5. The number of nitrogens with one attached hydrogen (secondary N) is 1. The third kappa shape index (κ3) is 4.15. The molecule has 0 aliphatic carbocycles. The van der Waals surface area contributed by atoms with Gasteiger partial charge in [0, 0.05) is 14.1 Å². The fourth-order valence-corrected chi connectivity index (χ4v) is 2.96. The van der Waals surface area contributed by atoms with Crippen LogP contribution in [0.5, 0.6) is 0 Å². The van der Waals surface area contributed by atoms with Gasteiger partial charge in [-0.1, -0.05) is 18.5 Å². The summed E-state index contributed by atoms with van der Waals surface area (Å²) in [4.78, 5) is 49.3. The zero-order chi connectivity index (χ0) is 22.0. The van der Waals surface area contributed by atoms with Crippen molar-refractivity contribution in [1.29, 1.82) is 0 Å². The highest BCUT2D eigenvalue weighted by molar-refractivity contribution is 7.71. The van der Waals surface area contributed by atoms with E-state index in [1.54, 1.807) is 6.92 Å². The molecule has 9 nitrogen and oxygen atoms in total. The monoisotopic (exact) mass is 444 g/mol. The molecule has 1 amide bonds. The maximum atomic E-state index is 14.6. The van der Waals surface area contributed by atoms with E-state index < -0.39 is 40.8 Å². The molecule has 2 rings (SSSR count). The molecule has 0 bridgehead atoms. The summed E-state index contributed by atoms with van der Waals surface area (Å²) in [5.41, 5.74) is -2.51. The van der Waals surface area contributed by atoms with Gasteiger partial charge < -0.3 is 10.1 Å². The molecule has 29 heavy (non-hydrogen) atoms. The highest BCUT2D eigenvalue weighted by atomic mass is 35.5. The van der Waals surface area contributed by atoms with Gasteiger partial charge in [0.05, 0.1) is 23.4 Å². The van der Waals surface area contributed by atoms with E-state index in [2.05, 4.69) is 10.1 Å². The fraction of sp³-hybridized carbons (Fsp3) is 0.353. The lowest BCUT2D eigenvalue weighted by Crippen LogP contribution is -2.44. The Kier molecular flexibility index (Phi) is 6.75. The summed E-state index contributed by atoms with van der Waals surface area (Å²) in [6.45, 7) is 1.65. The summed E-state index contributed by atoms with van der Waals surface area (Å²) >= 11 is 11.0. The van der Waals surface area contributed by atoms with Gasteiger partial charge in [0.25, 0.3) is 5.91 Å². The van der Waals surface area contributed by atoms with Crippen molar-refractivity contribution in [2.75, 3.05) is 7.11 Å². The summed E-state index contributed by atoms with van der Waals surface area (Å²) in [6.07, 6.45) is 0.236. The number of halogens is 2. The molecule has 156 valence electrons. The predicted octanol–water partition coefficient (Wildman–Crippen LogP) is 1.08. The first-order chi connectivity index (χ1) is 13.5. The summed E-state index contributed by atoms with van der Waals surface area (Å²) in [5.74, 6) is -2.47. The van der Waals surface area contributed by atoms with Crippen LogP contribution in [-0.2, 0) is 23.6 Å². The van der Waals surface area contributed by atoms with Crippen LogP contribution in [0.1, 0.15) is 23.7 Å². The van der Waals surface area contributed by atoms with Crippen LogP contribution in [0.3, 0.4) is 0 Å². The molecule has 0 fully saturated rings. The molecule has 0 aliphatic heterocycles. The lowest BCUT2D eigenvalue weighted by Gasteiger charge is -2.16. The molecule has 0 saturated heterocycles. The number of amides is 1. The van der Waals surface area contributed by atoms with E-state index >= 15 is 0 Å². The number of hydrogen-bond acceptors (Lipinski definition) is 6. The van der Waals surface area contributed by atoms with Gasteiger partial charge in [-0.2, -0.15) is 0 Å². The molecule has 1 aromatic heterocycles. The van der Waals surface area contributed by atoms with Crippen molar-refractivity contribution in [2.45, 2.75) is 19.4 Å². The highest BCUT2D eigenvalue weighted by Gasteiger charge is 2.24. The summed E-state index contributed by atoms with van der Waals surface area (Å²) in [7, 11) is 3.82. The lowest BCUT2D eigenvalue weighted by atomic mass is 10.1. The molecule has 1 heterocycles. The number of benzene rings is 1. The van der Waals surface area contributed by atoms with E-state index in [1.165, 1.54) is 21.2 Å². The van der Waals surface area contributed by atoms with Gasteiger partial charge in [0.2, 0.25) is 0 Å². The third-order valence-corrected chi connectivity index (χ3v) is 5.11. The normalized spacial score (nSPS) is 11.8. The number of rotatable bonds is 5. The highest BCUT2D eigenvalue weighted by Crippen LogP contribution is 2.22. The summed E-state index contributed by atoms with van der Waals surface area (Å²) < 4.78 is 21.6. The van der Waals surface area contributed by atoms with Crippen LogP contribution in [0.25, 0.3) is 5.69 Å². The second-order valence-electron chi connectivity index (χ2n) is 6.04. The number of hydrogen-bond donors (Lipinski definition) is 1. The van der Waals surface area contributed by atoms with E-state index in [4.69, 9.17) is 23.8 Å². The second kappa shape index (κ2) is 8.70. The van der Waals surface area contributed by atoms with Crippen molar-refractivity contribution in [3.05, 3.63) is 54.3 Å². The molecule has 1 aromatic carbocycles. The Labute approximate surface area is 174 Å². The molecule has 1 atom stereocenters. The molecule has 0 saturated carbocycles. The quantitative estimate of drug-likeness (QED) is 0.546. The summed E-state index contributed by atoms with van der Waals surface area (Å²) in [6, 6.07) is 0.811. The lowest BCUT2D eigenvalue weighted by molar-refractivity contribution is -0.142. The number of carbonyl (C=O) groups is 2. The van der Waals surface area contributed by atoms with Gasteiger partial charge in [-0.25, -0.2) is 23.3 Å². The molecule has 12 heteroatoms. The first-order valence-corrected chi connectivity index (χ1v) is 9.10. The van der Waals surface area contributed by atoms with Gasteiger partial charge >= 0.3 is 17.3 Å². The number of carbonyl (C=O) groups excluding carboxylic acids is 2.